The number of aromatic hydroxyl groups is 1. The van der Waals surface area contributed by atoms with E-state index in [1.165, 1.54) is 19.1 Å². The van der Waals surface area contributed by atoms with Gasteiger partial charge in [0.05, 0.1) is 0 Å². The molecule has 2 atom stereocenters. The Hall–Kier alpha value is -1.82. The molecule has 1 aliphatic rings. The van der Waals surface area contributed by atoms with Gasteiger partial charge in [-0.2, -0.15) is 0 Å². The van der Waals surface area contributed by atoms with Gasteiger partial charge < -0.3 is 15.2 Å². The van der Waals surface area contributed by atoms with Gasteiger partial charge in [-0.15, -0.1) is 0 Å². The second kappa shape index (κ2) is 5.66. The Kier molecular flexibility index (Phi) is 4.13. The second-order valence-corrected chi connectivity index (χ2v) is 5.22. The highest BCUT2D eigenvalue weighted by Crippen LogP contribution is 2.24. The molecule has 0 bridgehead atoms. The van der Waals surface area contributed by atoms with E-state index in [-0.39, 0.29) is 24.9 Å². The molecule has 2 N–H and O–H groups in total. The van der Waals surface area contributed by atoms with Crippen molar-refractivity contribution in [3.63, 3.8) is 0 Å². The zero-order chi connectivity index (χ0) is 14.8. The molecule has 1 aromatic rings. The number of carbonyl (C=O) groups is 1. The van der Waals surface area contributed by atoms with Crippen LogP contribution < -0.4 is 5.32 Å². The lowest BCUT2D eigenvalue weighted by atomic mass is 10.1. The lowest BCUT2D eigenvalue weighted by molar-refractivity contribution is -0.0565. The maximum absolute atomic E-state index is 14.3. The van der Waals surface area contributed by atoms with Crippen LogP contribution in [0.15, 0.2) is 24.3 Å². The summed E-state index contributed by atoms with van der Waals surface area (Å²) in [6.07, 6.45) is -0.688. The zero-order valence-corrected chi connectivity index (χ0v) is 11.6. The van der Waals surface area contributed by atoms with Crippen molar-refractivity contribution < 1.29 is 19.0 Å². The predicted molar refractivity (Wildman–Crippen MR) is 72.0 cm³/mol. The first-order valence-electron chi connectivity index (χ1n) is 6.54. The minimum atomic E-state index is -1.77. The minimum Gasteiger partial charge on any atom is -0.508 e. The topological polar surface area (TPSA) is 61.8 Å². The van der Waals surface area contributed by atoms with Gasteiger partial charge in [-0.3, -0.25) is 4.90 Å². The number of carbonyl (C=O) groups excluding carboxylic acids is 1. The standard InChI is InChI=1S/C14H19FN2O3/c1-10-7-16-9-14(2,15)17(10)13(19)20-8-11-4-3-5-12(18)6-11/h3-6,10,16,18H,7-9H2,1-2H3. The summed E-state index contributed by atoms with van der Waals surface area (Å²) in [6.45, 7) is 3.73. The summed E-state index contributed by atoms with van der Waals surface area (Å²) in [4.78, 5) is 13.2. The molecule has 1 amide bonds. The average molecular weight is 282 g/mol. The number of ether oxygens (including phenoxy) is 1. The predicted octanol–water partition coefficient (Wildman–Crippen LogP) is 2.01. The highest BCUT2D eigenvalue weighted by molar-refractivity contribution is 5.69. The molecule has 1 aliphatic heterocycles. The number of halogens is 1. The van der Waals surface area contributed by atoms with Crippen LogP contribution in [-0.4, -0.2) is 41.0 Å². The Morgan fingerprint density at radius 3 is 3.05 bits per heavy atom. The van der Waals surface area contributed by atoms with E-state index < -0.39 is 11.9 Å². The van der Waals surface area contributed by atoms with E-state index in [0.717, 1.165) is 4.90 Å². The maximum Gasteiger partial charge on any atom is 0.412 e. The van der Waals surface area contributed by atoms with E-state index in [2.05, 4.69) is 5.32 Å². The van der Waals surface area contributed by atoms with Gasteiger partial charge in [0, 0.05) is 19.1 Å². The SMILES string of the molecule is CC1CNCC(C)(F)N1C(=O)OCc1cccc(O)c1. The third kappa shape index (κ3) is 3.19. The molecule has 110 valence electrons. The summed E-state index contributed by atoms with van der Waals surface area (Å²) in [5, 5.41) is 12.3. The molecule has 0 spiro atoms. The maximum atomic E-state index is 14.3. The summed E-state index contributed by atoms with van der Waals surface area (Å²) in [5.41, 5.74) is 0.654. The average Bonchev–Trinajstić information content (AvgIpc) is 2.35. The van der Waals surface area contributed by atoms with Crippen molar-refractivity contribution in [2.45, 2.75) is 32.3 Å². The molecule has 0 aromatic heterocycles. The van der Waals surface area contributed by atoms with E-state index in [4.69, 9.17) is 4.74 Å². The molecule has 2 rings (SSSR count). The van der Waals surface area contributed by atoms with Gasteiger partial charge in [0.25, 0.3) is 0 Å². The van der Waals surface area contributed by atoms with E-state index in [1.54, 1.807) is 19.1 Å². The summed E-state index contributed by atoms with van der Waals surface area (Å²) < 4.78 is 19.5. The Bertz CT molecular complexity index is 493. The quantitative estimate of drug-likeness (QED) is 0.815. The number of alkyl halides is 1. The molecule has 1 fully saturated rings. The lowest BCUT2D eigenvalue weighted by Gasteiger charge is -2.42. The van der Waals surface area contributed by atoms with Crippen molar-refractivity contribution in [1.82, 2.24) is 10.2 Å². The van der Waals surface area contributed by atoms with E-state index >= 15 is 0 Å². The normalized spacial score (nSPS) is 26.4. The van der Waals surface area contributed by atoms with Crippen LogP contribution in [0.25, 0.3) is 0 Å². The second-order valence-electron chi connectivity index (χ2n) is 5.22. The number of rotatable bonds is 2. The molecule has 0 radical (unpaired) electrons. The number of hydrogen-bond donors (Lipinski definition) is 2. The molecule has 1 heterocycles. The fourth-order valence-corrected chi connectivity index (χ4v) is 2.38. The van der Waals surface area contributed by atoms with Crippen LogP contribution in [0.4, 0.5) is 9.18 Å². The number of benzene rings is 1. The Morgan fingerprint density at radius 1 is 1.65 bits per heavy atom. The van der Waals surface area contributed by atoms with Crippen molar-refractivity contribution in [3.8, 4) is 5.75 Å². The minimum absolute atomic E-state index is 0.0000378. The number of phenols is 1. The number of nitrogens with zero attached hydrogens (tertiary/aromatic N) is 1. The molecule has 0 aliphatic carbocycles. The third-order valence-corrected chi connectivity index (χ3v) is 3.30. The highest BCUT2D eigenvalue weighted by Gasteiger charge is 2.42. The van der Waals surface area contributed by atoms with Crippen molar-refractivity contribution in [1.29, 1.82) is 0 Å². The Morgan fingerprint density at radius 2 is 2.40 bits per heavy atom. The van der Waals surface area contributed by atoms with Gasteiger partial charge in [0.15, 0.2) is 5.79 Å². The molecular weight excluding hydrogens is 263 g/mol. The monoisotopic (exact) mass is 282 g/mol. The van der Waals surface area contributed by atoms with Crippen LogP contribution >= 0.6 is 0 Å². The van der Waals surface area contributed by atoms with Gasteiger partial charge in [-0.1, -0.05) is 12.1 Å². The van der Waals surface area contributed by atoms with Crippen molar-refractivity contribution in [2.75, 3.05) is 13.1 Å². The molecule has 2 unspecified atom stereocenters. The molecule has 5 nitrogen and oxygen atoms in total. The van der Waals surface area contributed by atoms with Crippen molar-refractivity contribution in [3.05, 3.63) is 29.8 Å². The highest BCUT2D eigenvalue weighted by atomic mass is 19.1. The Balaban J connectivity index is 2.00. The van der Waals surface area contributed by atoms with E-state index in [0.29, 0.717) is 12.1 Å². The Labute approximate surface area is 117 Å². The first-order valence-corrected chi connectivity index (χ1v) is 6.54. The van der Waals surface area contributed by atoms with Crippen LogP contribution in [0.5, 0.6) is 5.75 Å². The van der Waals surface area contributed by atoms with Crippen molar-refractivity contribution >= 4 is 6.09 Å². The number of amides is 1. The van der Waals surface area contributed by atoms with Crippen LogP contribution in [0, 0.1) is 0 Å². The van der Waals surface area contributed by atoms with Crippen LogP contribution in [-0.2, 0) is 11.3 Å². The van der Waals surface area contributed by atoms with Crippen LogP contribution in [0.1, 0.15) is 19.4 Å². The van der Waals surface area contributed by atoms with Crippen LogP contribution in [0.2, 0.25) is 0 Å². The third-order valence-electron chi connectivity index (χ3n) is 3.30. The molecule has 0 saturated carbocycles. The van der Waals surface area contributed by atoms with E-state index in [9.17, 15) is 14.3 Å². The zero-order valence-electron chi connectivity index (χ0n) is 11.6. The number of piperazine rings is 1. The van der Waals surface area contributed by atoms with Crippen molar-refractivity contribution in [2.24, 2.45) is 0 Å². The van der Waals surface area contributed by atoms with E-state index in [1.807, 2.05) is 0 Å². The molecule has 1 aromatic carbocycles. The van der Waals surface area contributed by atoms with Gasteiger partial charge in [-0.25, -0.2) is 9.18 Å². The van der Waals surface area contributed by atoms with Gasteiger partial charge in [-0.05, 0) is 31.5 Å². The largest absolute Gasteiger partial charge is 0.508 e. The van der Waals surface area contributed by atoms with Gasteiger partial charge >= 0.3 is 6.09 Å². The number of phenolic OH excluding ortho intramolecular Hbond substituents is 1. The van der Waals surface area contributed by atoms with Gasteiger partial charge in [0.2, 0.25) is 0 Å². The first-order chi connectivity index (χ1) is 9.40. The fraction of sp³-hybridized carbons (Fsp3) is 0.500. The van der Waals surface area contributed by atoms with Gasteiger partial charge in [0.1, 0.15) is 12.4 Å². The van der Waals surface area contributed by atoms with Crippen LogP contribution in [0.3, 0.4) is 0 Å². The smallest absolute Gasteiger partial charge is 0.412 e. The summed E-state index contributed by atoms with van der Waals surface area (Å²) in [5.74, 6) is -1.67. The molecule has 1 saturated heterocycles. The number of nitrogens with one attached hydrogen (secondary N) is 1. The fourth-order valence-electron chi connectivity index (χ4n) is 2.38. The number of hydrogen-bond acceptors (Lipinski definition) is 4. The summed E-state index contributed by atoms with van der Waals surface area (Å²) in [7, 11) is 0. The molecule has 6 heteroatoms. The summed E-state index contributed by atoms with van der Waals surface area (Å²) >= 11 is 0. The molecule has 20 heavy (non-hydrogen) atoms. The lowest BCUT2D eigenvalue weighted by Crippen LogP contribution is -2.63. The first kappa shape index (κ1) is 14.6. The molecular formula is C14H19FN2O3. The summed E-state index contributed by atoms with van der Waals surface area (Å²) in [6, 6.07) is 6.13.